The van der Waals surface area contributed by atoms with Crippen molar-refractivity contribution in [1.29, 1.82) is 0 Å². The van der Waals surface area contributed by atoms with Crippen LogP contribution < -0.4 is 10.0 Å². The number of carbonyl (C=O) groups is 1. The van der Waals surface area contributed by atoms with Crippen LogP contribution in [0.1, 0.15) is 10.4 Å². The highest BCUT2D eigenvalue weighted by molar-refractivity contribution is 8.00. The van der Waals surface area contributed by atoms with Gasteiger partial charge in [-0.2, -0.15) is 0 Å². The van der Waals surface area contributed by atoms with Crippen molar-refractivity contribution in [3.05, 3.63) is 102 Å². The highest BCUT2D eigenvalue weighted by Gasteiger charge is 2.11. The predicted octanol–water partition coefficient (Wildman–Crippen LogP) is 6.31. The maximum atomic E-state index is 13.1. The first-order valence-electron chi connectivity index (χ1n) is 9.24. The number of rotatable bonds is 6. The van der Waals surface area contributed by atoms with E-state index in [4.69, 9.17) is 11.6 Å². The number of halogens is 2. The van der Waals surface area contributed by atoms with Gasteiger partial charge in [0.2, 0.25) is 0 Å². The van der Waals surface area contributed by atoms with Crippen molar-refractivity contribution < 1.29 is 9.18 Å². The number of hydrogen-bond acceptors (Lipinski definition) is 5. The van der Waals surface area contributed by atoms with Gasteiger partial charge in [0.15, 0.2) is 5.15 Å². The number of amides is 1. The highest BCUT2D eigenvalue weighted by Crippen LogP contribution is 2.30. The number of nitrogens with zero attached hydrogens (tertiary/aromatic N) is 2. The fraction of sp³-hybridized carbons (Fsp3) is 0. The molecule has 2 N–H and O–H groups in total. The average Bonchev–Trinajstić information content (AvgIpc) is 2.81. The Hall–Kier alpha value is -3.42. The van der Waals surface area contributed by atoms with Gasteiger partial charge in [-0.1, -0.05) is 29.8 Å². The molecule has 4 aromatic rings. The van der Waals surface area contributed by atoms with Crippen LogP contribution in [0.25, 0.3) is 11.1 Å². The minimum Gasteiger partial charge on any atom is -0.323 e. The van der Waals surface area contributed by atoms with Gasteiger partial charge < -0.3 is 10.0 Å². The molecule has 2 heterocycles. The van der Waals surface area contributed by atoms with Crippen LogP contribution in [0.5, 0.6) is 0 Å². The average molecular weight is 451 g/mol. The largest absolute Gasteiger partial charge is 0.323 e. The van der Waals surface area contributed by atoms with Crippen molar-refractivity contribution in [2.75, 3.05) is 10.0 Å². The van der Waals surface area contributed by atoms with Crippen LogP contribution in [0.2, 0.25) is 5.15 Å². The van der Waals surface area contributed by atoms with E-state index in [0.29, 0.717) is 27.7 Å². The van der Waals surface area contributed by atoms with Gasteiger partial charge in [0.25, 0.3) is 5.91 Å². The molecule has 0 aliphatic heterocycles. The molecule has 154 valence electrons. The lowest BCUT2D eigenvalue weighted by atomic mass is 10.1. The Morgan fingerprint density at radius 1 is 0.935 bits per heavy atom. The third-order valence-electron chi connectivity index (χ3n) is 4.30. The van der Waals surface area contributed by atoms with Gasteiger partial charge in [0.1, 0.15) is 5.82 Å². The summed E-state index contributed by atoms with van der Waals surface area (Å²) in [6.45, 7) is 0. The summed E-state index contributed by atoms with van der Waals surface area (Å²) in [4.78, 5) is 22.0. The van der Waals surface area contributed by atoms with E-state index >= 15 is 0 Å². The van der Waals surface area contributed by atoms with Crippen molar-refractivity contribution in [3.63, 3.8) is 0 Å². The van der Waals surface area contributed by atoms with E-state index in [2.05, 4.69) is 20.0 Å². The maximum absolute atomic E-state index is 13.1. The lowest BCUT2D eigenvalue weighted by molar-refractivity contribution is 0.102. The van der Waals surface area contributed by atoms with Gasteiger partial charge in [-0.15, -0.1) is 0 Å². The molecule has 0 saturated carbocycles. The van der Waals surface area contributed by atoms with E-state index in [0.717, 1.165) is 10.5 Å². The molecule has 1 amide bonds. The Kier molecular flexibility index (Phi) is 6.45. The molecule has 4 rings (SSSR count). The monoisotopic (exact) mass is 450 g/mol. The molecular formula is C23H16ClFN4OS. The summed E-state index contributed by atoms with van der Waals surface area (Å²) in [7, 11) is 0. The van der Waals surface area contributed by atoms with Crippen LogP contribution in [0.15, 0.2) is 90.2 Å². The molecule has 0 atom stereocenters. The molecule has 0 radical (unpaired) electrons. The summed E-state index contributed by atoms with van der Waals surface area (Å²) in [5.74, 6) is -0.715. The smallest absolute Gasteiger partial charge is 0.257 e. The molecule has 2 aromatic carbocycles. The van der Waals surface area contributed by atoms with Gasteiger partial charge in [-0.25, -0.2) is 9.37 Å². The van der Waals surface area contributed by atoms with Gasteiger partial charge >= 0.3 is 0 Å². The lowest BCUT2D eigenvalue weighted by Gasteiger charge is -2.10. The summed E-state index contributed by atoms with van der Waals surface area (Å²) < 4.78 is 16.3. The first-order valence-corrected chi connectivity index (χ1v) is 10.4. The number of benzene rings is 2. The number of anilines is 2. The molecule has 31 heavy (non-hydrogen) atoms. The van der Waals surface area contributed by atoms with Crippen LogP contribution in [0, 0.1) is 5.82 Å². The topological polar surface area (TPSA) is 66.9 Å². The molecular weight excluding hydrogens is 435 g/mol. The standard InChI is InChI=1S/C23H16ClFN4OS/c24-22-21(29-31-20-4-2-1-3-5-20)11-16(14-27-22)15-10-17(13-26-12-15)23(30)28-19-8-6-18(25)7-9-19/h1-14,29H,(H,28,30). The van der Waals surface area contributed by atoms with E-state index in [-0.39, 0.29) is 11.7 Å². The second kappa shape index (κ2) is 9.59. The van der Waals surface area contributed by atoms with Crippen molar-refractivity contribution >= 4 is 40.8 Å². The van der Waals surface area contributed by atoms with E-state index < -0.39 is 0 Å². The normalized spacial score (nSPS) is 10.5. The highest BCUT2D eigenvalue weighted by atomic mass is 35.5. The second-order valence-electron chi connectivity index (χ2n) is 6.50. The summed E-state index contributed by atoms with van der Waals surface area (Å²) in [5, 5.41) is 3.06. The zero-order chi connectivity index (χ0) is 21.6. The summed E-state index contributed by atoms with van der Waals surface area (Å²) >= 11 is 7.66. The zero-order valence-corrected chi connectivity index (χ0v) is 17.6. The molecule has 2 aromatic heterocycles. The van der Waals surface area contributed by atoms with Crippen LogP contribution >= 0.6 is 23.5 Å². The van der Waals surface area contributed by atoms with E-state index in [1.807, 2.05) is 36.4 Å². The molecule has 0 saturated heterocycles. The Bertz CT molecular complexity index is 1210. The molecule has 0 aliphatic carbocycles. The summed E-state index contributed by atoms with van der Waals surface area (Å²) in [5.41, 5.74) is 2.97. The fourth-order valence-electron chi connectivity index (χ4n) is 2.74. The Balaban J connectivity index is 1.52. The van der Waals surface area contributed by atoms with Gasteiger partial charge in [-0.3, -0.25) is 9.78 Å². The Morgan fingerprint density at radius 3 is 2.45 bits per heavy atom. The second-order valence-corrected chi connectivity index (χ2v) is 7.74. The summed E-state index contributed by atoms with van der Waals surface area (Å²) in [6, 6.07) is 18.9. The number of aromatic nitrogens is 2. The molecule has 0 fully saturated rings. The van der Waals surface area contributed by atoms with Gasteiger partial charge in [-0.05, 0) is 60.5 Å². The Morgan fingerprint density at radius 2 is 1.68 bits per heavy atom. The van der Waals surface area contributed by atoms with Crippen LogP contribution in [0.4, 0.5) is 15.8 Å². The maximum Gasteiger partial charge on any atom is 0.257 e. The first kappa shape index (κ1) is 20.8. The van der Waals surface area contributed by atoms with Crippen molar-refractivity contribution in [2.45, 2.75) is 4.90 Å². The van der Waals surface area contributed by atoms with Gasteiger partial charge in [0.05, 0.1) is 11.3 Å². The summed E-state index contributed by atoms with van der Waals surface area (Å²) in [6.07, 6.45) is 4.74. The van der Waals surface area contributed by atoms with E-state index in [9.17, 15) is 9.18 Å². The van der Waals surface area contributed by atoms with E-state index in [1.165, 1.54) is 42.4 Å². The molecule has 8 heteroatoms. The third-order valence-corrected chi connectivity index (χ3v) is 5.43. The minimum atomic E-state index is -0.369. The van der Waals surface area contributed by atoms with Crippen molar-refractivity contribution in [2.24, 2.45) is 0 Å². The van der Waals surface area contributed by atoms with E-state index in [1.54, 1.807) is 18.5 Å². The number of pyridine rings is 2. The van der Waals surface area contributed by atoms with Crippen LogP contribution in [-0.2, 0) is 0 Å². The third kappa shape index (κ3) is 5.39. The Labute approximate surface area is 187 Å². The lowest BCUT2D eigenvalue weighted by Crippen LogP contribution is -2.12. The molecule has 0 bridgehead atoms. The zero-order valence-electron chi connectivity index (χ0n) is 16.0. The minimum absolute atomic E-state index is 0.338. The quantitative estimate of drug-likeness (QED) is 0.266. The molecule has 0 spiro atoms. The molecule has 5 nitrogen and oxygen atoms in total. The van der Waals surface area contributed by atoms with Crippen molar-refractivity contribution in [3.8, 4) is 11.1 Å². The SMILES string of the molecule is O=C(Nc1ccc(F)cc1)c1cncc(-c2cnc(Cl)c(NSc3ccccc3)c2)c1. The number of carbonyl (C=O) groups excluding carboxylic acids is 1. The number of nitrogens with one attached hydrogen (secondary N) is 2. The predicted molar refractivity (Wildman–Crippen MR) is 123 cm³/mol. The molecule has 0 aliphatic rings. The first-order chi connectivity index (χ1) is 15.1. The molecule has 0 unspecified atom stereocenters. The number of hydrogen-bond donors (Lipinski definition) is 2. The van der Waals surface area contributed by atoms with Crippen molar-refractivity contribution in [1.82, 2.24) is 9.97 Å². The van der Waals surface area contributed by atoms with Crippen LogP contribution in [0.3, 0.4) is 0 Å². The fourth-order valence-corrected chi connectivity index (χ4v) is 3.62. The van der Waals surface area contributed by atoms with Crippen LogP contribution in [-0.4, -0.2) is 15.9 Å². The van der Waals surface area contributed by atoms with Gasteiger partial charge in [0, 0.05) is 40.3 Å².